The van der Waals surface area contributed by atoms with Crippen LogP contribution in [0.1, 0.15) is 36.0 Å². The molecule has 1 aliphatic rings. The number of methoxy groups -OCH3 is 1. The predicted molar refractivity (Wildman–Crippen MR) is 93.6 cm³/mol. The Morgan fingerprint density at radius 2 is 1.96 bits per heavy atom. The van der Waals surface area contributed by atoms with E-state index in [0.29, 0.717) is 17.0 Å². The number of rotatable bonds is 6. The molecule has 1 fully saturated rings. The highest BCUT2D eigenvalue weighted by Gasteiger charge is 2.17. The molecule has 0 unspecified atom stereocenters. The molecule has 0 aliphatic heterocycles. The lowest BCUT2D eigenvalue weighted by atomic mass is 10.2. The van der Waals surface area contributed by atoms with Crippen LogP contribution in [0, 0.1) is 0 Å². The highest BCUT2D eigenvalue weighted by atomic mass is 16.5. The van der Waals surface area contributed by atoms with Gasteiger partial charge in [0.15, 0.2) is 0 Å². The molecule has 2 aromatic rings. The molecule has 132 valence electrons. The Labute approximate surface area is 146 Å². The second-order valence-electron chi connectivity index (χ2n) is 6.16. The molecule has 1 aliphatic carbocycles. The van der Waals surface area contributed by atoms with Gasteiger partial charge in [0.1, 0.15) is 12.3 Å². The van der Waals surface area contributed by atoms with Crippen molar-refractivity contribution in [1.82, 2.24) is 15.1 Å². The molecule has 25 heavy (non-hydrogen) atoms. The first-order valence-corrected chi connectivity index (χ1v) is 8.41. The van der Waals surface area contributed by atoms with E-state index in [-0.39, 0.29) is 24.4 Å². The molecule has 2 amide bonds. The first-order valence-electron chi connectivity index (χ1n) is 8.41. The van der Waals surface area contributed by atoms with Gasteiger partial charge < -0.3 is 15.4 Å². The smallest absolute Gasteiger partial charge is 0.255 e. The summed E-state index contributed by atoms with van der Waals surface area (Å²) in [6.07, 6.45) is 7.63. The van der Waals surface area contributed by atoms with Gasteiger partial charge in [0.2, 0.25) is 5.91 Å². The summed E-state index contributed by atoms with van der Waals surface area (Å²) in [5.41, 5.74) is 1.07. The summed E-state index contributed by atoms with van der Waals surface area (Å²) in [4.78, 5) is 24.2. The number of carbonyl (C=O) groups excluding carboxylic acids is 2. The minimum absolute atomic E-state index is 0.0527. The van der Waals surface area contributed by atoms with Crippen LogP contribution in [0.4, 0.5) is 5.69 Å². The minimum Gasteiger partial charge on any atom is -0.497 e. The third kappa shape index (κ3) is 4.59. The third-order valence-electron chi connectivity index (χ3n) is 4.27. The largest absolute Gasteiger partial charge is 0.497 e. The monoisotopic (exact) mass is 342 g/mol. The van der Waals surface area contributed by atoms with E-state index >= 15 is 0 Å². The quantitative estimate of drug-likeness (QED) is 0.843. The van der Waals surface area contributed by atoms with Gasteiger partial charge in [-0.1, -0.05) is 12.8 Å². The number of ether oxygens (including phenoxy) is 1. The molecule has 0 atom stereocenters. The van der Waals surface area contributed by atoms with Crippen LogP contribution in [0.3, 0.4) is 0 Å². The Bertz CT molecular complexity index is 733. The van der Waals surface area contributed by atoms with Gasteiger partial charge in [-0.3, -0.25) is 14.3 Å². The Morgan fingerprint density at radius 1 is 1.24 bits per heavy atom. The fourth-order valence-corrected chi connectivity index (χ4v) is 2.95. The third-order valence-corrected chi connectivity index (χ3v) is 4.27. The molecule has 0 spiro atoms. The summed E-state index contributed by atoms with van der Waals surface area (Å²) in [6.45, 7) is 0.148. The molecule has 7 nitrogen and oxygen atoms in total. The molecule has 2 N–H and O–H groups in total. The lowest BCUT2D eigenvalue weighted by molar-refractivity contribution is -0.122. The molecule has 1 heterocycles. The molecule has 1 aromatic carbocycles. The van der Waals surface area contributed by atoms with Crippen molar-refractivity contribution in [1.29, 1.82) is 0 Å². The van der Waals surface area contributed by atoms with E-state index < -0.39 is 0 Å². The van der Waals surface area contributed by atoms with Gasteiger partial charge in [-0.2, -0.15) is 5.10 Å². The van der Waals surface area contributed by atoms with Crippen molar-refractivity contribution in [2.45, 2.75) is 38.3 Å². The maximum absolute atomic E-state index is 12.2. The van der Waals surface area contributed by atoms with Gasteiger partial charge in [0.05, 0.1) is 19.0 Å². The molecular formula is C18H22N4O3. The van der Waals surface area contributed by atoms with E-state index in [0.717, 1.165) is 12.8 Å². The molecule has 7 heteroatoms. The number of nitrogens with one attached hydrogen (secondary N) is 2. The number of anilines is 1. The van der Waals surface area contributed by atoms with Gasteiger partial charge in [-0.25, -0.2) is 0 Å². The number of hydrogen-bond donors (Lipinski definition) is 2. The fraction of sp³-hybridized carbons (Fsp3) is 0.389. The normalized spacial score (nSPS) is 14.3. The number of carbonyl (C=O) groups is 2. The van der Waals surface area contributed by atoms with Crippen LogP contribution in [-0.4, -0.2) is 34.7 Å². The van der Waals surface area contributed by atoms with Crippen LogP contribution in [0.25, 0.3) is 0 Å². The summed E-state index contributed by atoms with van der Waals surface area (Å²) in [7, 11) is 1.58. The highest BCUT2D eigenvalue weighted by molar-refractivity contribution is 6.04. The maximum Gasteiger partial charge on any atom is 0.255 e. The number of nitrogens with zero attached hydrogens (tertiary/aromatic N) is 2. The lowest BCUT2D eigenvalue weighted by Gasteiger charge is -2.11. The topological polar surface area (TPSA) is 85.2 Å². The summed E-state index contributed by atoms with van der Waals surface area (Å²) in [5.74, 6) is 0.401. The van der Waals surface area contributed by atoms with Crippen LogP contribution in [-0.2, 0) is 11.3 Å². The van der Waals surface area contributed by atoms with Gasteiger partial charge in [0.25, 0.3) is 5.91 Å². The molecular weight excluding hydrogens is 320 g/mol. The Kier molecular flexibility index (Phi) is 5.33. The van der Waals surface area contributed by atoms with E-state index in [1.165, 1.54) is 23.7 Å². The van der Waals surface area contributed by atoms with Crippen LogP contribution in [0.15, 0.2) is 36.7 Å². The molecule has 1 saturated carbocycles. The van der Waals surface area contributed by atoms with Crippen molar-refractivity contribution in [3.8, 4) is 5.75 Å². The van der Waals surface area contributed by atoms with Crippen molar-refractivity contribution >= 4 is 17.5 Å². The SMILES string of the molecule is COc1ccc(C(=O)Nc2cnn(CC(=O)NC3CCCC3)c2)cc1. The molecule has 0 radical (unpaired) electrons. The van der Waals surface area contributed by atoms with Gasteiger partial charge >= 0.3 is 0 Å². The van der Waals surface area contributed by atoms with E-state index in [2.05, 4.69) is 15.7 Å². The Balaban J connectivity index is 1.53. The molecule has 0 bridgehead atoms. The van der Waals surface area contributed by atoms with E-state index in [1.807, 2.05) is 0 Å². The van der Waals surface area contributed by atoms with Gasteiger partial charge in [-0.05, 0) is 37.1 Å². The second-order valence-corrected chi connectivity index (χ2v) is 6.16. The first kappa shape index (κ1) is 17.0. The van der Waals surface area contributed by atoms with Crippen molar-refractivity contribution in [2.75, 3.05) is 12.4 Å². The van der Waals surface area contributed by atoms with Crippen molar-refractivity contribution < 1.29 is 14.3 Å². The minimum atomic E-state index is -0.238. The van der Waals surface area contributed by atoms with Crippen LogP contribution in [0.2, 0.25) is 0 Å². The number of aromatic nitrogens is 2. The number of amides is 2. The van der Waals surface area contributed by atoms with Crippen LogP contribution >= 0.6 is 0 Å². The van der Waals surface area contributed by atoms with E-state index in [4.69, 9.17) is 4.74 Å². The highest BCUT2D eigenvalue weighted by Crippen LogP contribution is 2.17. The molecule has 3 rings (SSSR count). The second kappa shape index (κ2) is 7.83. The zero-order chi connectivity index (χ0) is 17.6. The van der Waals surface area contributed by atoms with E-state index in [1.54, 1.807) is 37.6 Å². The van der Waals surface area contributed by atoms with Crippen molar-refractivity contribution in [2.24, 2.45) is 0 Å². The average molecular weight is 342 g/mol. The summed E-state index contributed by atoms with van der Waals surface area (Å²) >= 11 is 0. The predicted octanol–water partition coefficient (Wildman–Crippen LogP) is 2.20. The fourth-order valence-electron chi connectivity index (χ4n) is 2.95. The summed E-state index contributed by atoms with van der Waals surface area (Å²) in [6, 6.07) is 7.12. The molecule has 0 saturated heterocycles. The van der Waals surface area contributed by atoms with Crippen LogP contribution < -0.4 is 15.4 Å². The Hall–Kier alpha value is -2.83. The lowest BCUT2D eigenvalue weighted by Crippen LogP contribution is -2.35. The van der Waals surface area contributed by atoms with Crippen LogP contribution in [0.5, 0.6) is 5.75 Å². The van der Waals surface area contributed by atoms with Crippen molar-refractivity contribution in [3.63, 3.8) is 0 Å². The Morgan fingerprint density at radius 3 is 2.64 bits per heavy atom. The van der Waals surface area contributed by atoms with Gasteiger partial charge in [-0.15, -0.1) is 0 Å². The summed E-state index contributed by atoms with van der Waals surface area (Å²) in [5, 5.41) is 9.91. The molecule has 1 aromatic heterocycles. The summed E-state index contributed by atoms with van der Waals surface area (Å²) < 4.78 is 6.59. The average Bonchev–Trinajstić information content (AvgIpc) is 3.27. The van der Waals surface area contributed by atoms with Gasteiger partial charge in [0, 0.05) is 17.8 Å². The standard InChI is InChI=1S/C18H22N4O3/c1-25-16-8-6-13(7-9-16)18(24)21-15-10-19-22(11-15)12-17(23)20-14-4-2-3-5-14/h6-11,14H,2-5,12H2,1H3,(H,20,23)(H,21,24). The van der Waals surface area contributed by atoms with E-state index in [9.17, 15) is 9.59 Å². The number of hydrogen-bond acceptors (Lipinski definition) is 4. The zero-order valence-corrected chi connectivity index (χ0v) is 14.2. The first-order chi connectivity index (χ1) is 12.1. The maximum atomic E-state index is 12.2. The zero-order valence-electron chi connectivity index (χ0n) is 14.2. The number of benzene rings is 1. The van der Waals surface area contributed by atoms with Crippen molar-refractivity contribution in [3.05, 3.63) is 42.2 Å².